The fourth-order valence-corrected chi connectivity index (χ4v) is 2.62. The third-order valence-electron chi connectivity index (χ3n) is 3.93. The van der Waals surface area contributed by atoms with Crippen LogP contribution in [0.5, 0.6) is 0 Å². The van der Waals surface area contributed by atoms with Crippen molar-refractivity contribution in [1.82, 2.24) is 25.5 Å². The van der Waals surface area contributed by atoms with E-state index in [1.807, 2.05) is 4.68 Å². The Hall–Kier alpha value is -0.970. The molecule has 0 aromatic carbocycles. The van der Waals surface area contributed by atoms with Crippen LogP contribution in [0.3, 0.4) is 0 Å². The monoisotopic (exact) mass is 251 g/mol. The van der Waals surface area contributed by atoms with Gasteiger partial charge in [-0.3, -0.25) is 0 Å². The Kier molecular flexibility index (Phi) is 4.32. The van der Waals surface area contributed by atoms with E-state index in [9.17, 15) is 0 Å². The van der Waals surface area contributed by atoms with Crippen LogP contribution in [0.15, 0.2) is 0 Å². The molecular formula is C13H25N5. The van der Waals surface area contributed by atoms with E-state index in [4.69, 9.17) is 0 Å². The molecule has 0 atom stereocenters. The van der Waals surface area contributed by atoms with Gasteiger partial charge < -0.3 is 5.32 Å². The molecule has 0 unspecified atom stereocenters. The average Bonchev–Trinajstić information content (AvgIpc) is 2.78. The standard InChI is InChI=1S/C13H25N5/c1-4-9-14-10-12-15-16-17-18(12)11-5-7-13(2,3)8-6-11/h11,14H,4-10H2,1-3H3. The minimum absolute atomic E-state index is 0.491. The van der Waals surface area contributed by atoms with Crippen molar-refractivity contribution in [2.45, 2.75) is 65.5 Å². The van der Waals surface area contributed by atoms with E-state index < -0.39 is 0 Å². The molecule has 0 aliphatic heterocycles. The molecule has 0 amide bonds. The van der Waals surface area contributed by atoms with Gasteiger partial charge in [0, 0.05) is 0 Å². The van der Waals surface area contributed by atoms with Gasteiger partial charge in [-0.05, 0) is 54.5 Å². The van der Waals surface area contributed by atoms with Crippen LogP contribution in [-0.2, 0) is 6.54 Å². The third kappa shape index (κ3) is 3.28. The van der Waals surface area contributed by atoms with Crippen molar-refractivity contribution in [1.29, 1.82) is 0 Å². The molecule has 5 nitrogen and oxygen atoms in total. The number of rotatable bonds is 5. The van der Waals surface area contributed by atoms with Crippen LogP contribution in [0.4, 0.5) is 0 Å². The second-order valence-corrected chi connectivity index (χ2v) is 6.11. The topological polar surface area (TPSA) is 55.6 Å². The Labute approximate surface area is 109 Å². The van der Waals surface area contributed by atoms with E-state index in [1.54, 1.807) is 0 Å². The first-order valence-electron chi connectivity index (χ1n) is 7.10. The Morgan fingerprint density at radius 1 is 1.33 bits per heavy atom. The molecule has 0 radical (unpaired) electrons. The Balaban J connectivity index is 1.95. The van der Waals surface area contributed by atoms with Crippen molar-refractivity contribution in [2.24, 2.45) is 5.41 Å². The molecule has 1 aromatic heterocycles. The Bertz CT molecular complexity index is 361. The van der Waals surface area contributed by atoms with Gasteiger partial charge in [-0.1, -0.05) is 20.8 Å². The fraction of sp³-hybridized carbons (Fsp3) is 0.923. The molecule has 5 heteroatoms. The second kappa shape index (κ2) is 5.78. The molecule has 1 heterocycles. The van der Waals surface area contributed by atoms with Crippen LogP contribution < -0.4 is 5.32 Å². The minimum atomic E-state index is 0.491. The Morgan fingerprint density at radius 2 is 2.06 bits per heavy atom. The molecule has 0 saturated heterocycles. The largest absolute Gasteiger partial charge is 0.310 e. The number of tetrazole rings is 1. The van der Waals surface area contributed by atoms with Gasteiger partial charge in [0.2, 0.25) is 0 Å². The second-order valence-electron chi connectivity index (χ2n) is 6.11. The van der Waals surface area contributed by atoms with Gasteiger partial charge in [0.1, 0.15) is 0 Å². The van der Waals surface area contributed by atoms with Gasteiger partial charge in [-0.15, -0.1) is 5.10 Å². The minimum Gasteiger partial charge on any atom is -0.310 e. The smallest absolute Gasteiger partial charge is 0.165 e. The van der Waals surface area contributed by atoms with E-state index in [0.29, 0.717) is 11.5 Å². The molecule has 18 heavy (non-hydrogen) atoms. The number of nitrogens with zero attached hydrogens (tertiary/aromatic N) is 4. The maximum Gasteiger partial charge on any atom is 0.165 e. The van der Waals surface area contributed by atoms with Gasteiger partial charge >= 0.3 is 0 Å². The van der Waals surface area contributed by atoms with E-state index in [-0.39, 0.29) is 0 Å². The maximum absolute atomic E-state index is 4.18. The molecule has 1 aliphatic carbocycles. The van der Waals surface area contributed by atoms with E-state index in [1.165, 1.54) is 25.7 Å². The van der Waals surface area contributed by atoms with Crippen LogP contribution in [-0.4, -0.2) is 26.8 Å². The number of hydrogen-bond acceptors (Lipinski definition) is 4. The predicted octanol–water partition coefficient (Wildman–Crippen LogP) is 2.31. The van der Waals surface area contributed by atoms with Crippen molar-refractivity contribution < 1.29 is 0 Å². The summed E-state index contributed by atoms with van der Waals surface area (Å²) in [7, 11) is 0. The number of aromatic nitrogens is 4. The lowest BCUT2D eigenvalue weighted by Crippen LogP contribution is -2.26. The molecule has 102 valence electrons. The van der Waals surface area contributed by atoms with E-state index in [2.05, 4.69) is 41.6 Å². The fourth-order valence-electron chi connectivity index (χ4n) is 2.62. The first-order chi connectivity index (χ1) is 8.62. The first kappa shape index (κ1) is 13.5. The summed E-state index contributed by atoms with van der Waals surface area (Å²) in [4.78, 5) is 0. The van der Waals surface area contributed by atoms with Crippen molar-refractivity contribution in [2.75, 3.05) is 6.54 Å². The van der Waals surface area contributed by atoms with Crippen molar-refractivity contribution in [3.05, 3.63) is 5.82 Å². The first-order valence-corrected chi connectivity index (χ1v) is 7.10. The summed E-state index contributed by atoms with van der Waals surface area (Å²) >= 11 is 0. The van der Waals surface area contributed by atoms with Crippen molar-refractivity contribution in [3.8, 4) is 0 Å². The molecule has 0 spiro atoms. The lowest BCUT2D eigenvalue weighted by Gasteiger charge is -2.34. The molecule has 1 aliphatic rings. The molecule has 1 aromatic rings. The molecule has 0 bridgehead atoms. The molecule has 1 fully saturated rings. The van der Waals surface area contributed by atoms with E-state index >= 15 is 0 Å². The molecule has 1 saturated carbocycles. The highest BCUT2D eigenvalue weighted by molar-refractivity contribution is 4.88. The van der Waals surface area contributed by atoms with Crippen LogP contribution >= 0.6 is 0 Å². The summed E-state index contributed by atoms with van der Waals surface area (Å²) in [5.41, 5.74) is 0.491. The van der Waals surface area contributed by atoms with Gasteiger partial charge in [0.05, 0.1) is 12.6 Å². The Morgan fingerprint density at radius 3 is 2.72 bits per heavy atom. The highest BCUT2D eigenvalue weighted by atomic mass is 15.6. The summed E-state index contributed by atoms with van der Waals surface area (Å²) in [6.45, 7) is 8.67. The maximum atomic E-state index is 4.18. The quantitative estimate of drug-likeness (QED) is 0.816. The normalized spacial score (nSPS) is 20.2. The zero-order chi connectivity index (χ0) is 13.0. The molecule has 2 rings (SSSR count). The number of hydrogen-bond donors (Lipinski definition) is 1. The van der Waals surface area contributed by atoms with E-state index in [0.717, 1.165) is 25.3 Å². The summed E-state index contributed by atoms with van der Waals surface area (Å²) in [6.07, 6.45) is 6.05. The van der Waals surface area contributed by atoms with Gasteiger partial charge in [-0.25, -0.2) is 4.68 Å². The van der Waals surface area contributed by atoms with Crippen LogP contribution in [0.2, 0.25) is 0 Å². The van der Waals surface area contributed by atoms with Crippen LogP contribution in [0.1, 0.15) is 64.7 Å². The van der Waals surface area contributed by atoms with Crippen molar-refractivity contribution in [3.63, 3.8) is 0 Å². The summed E-state index contributed by atoms with van der Waals surface area (Å²) in [5.74, 6) is 0.980. The number of nitrogens with one attached hydrogen (secondary N) is 1. The summed E-state index contributed by atoms with van der Waals surface area (Å²) < 4.78 is 2.04. The van der Waals surface area contributed by atoms with Gasteiger partial charge in [0.25, 0.3) is 0 Å². The van der Waals surface area contributed by atoms with Gasteiger partial charge in [-0.2, -0.15) is 0 Å². The third-order valence-corrected chi connectivity index (χ3v) is 3.93. The van der Waals surface area contributed by atoms with Crippen LogP contribution in [0, 0.1) is 5.41 Å². The zero-order valence-corrected chi connectivity index (χ0v) is 11.8. The zero-order valence-electron chi connectivity index (χ0n) is 11.8. The summed E-state index contributed by atoms with van der Waals surface area (Å²) in [6, 6.07) is 0.492. The highest BCUT2D eigenvalue weighted by Crippen LogP contribution is 2.39. The molecule has 1 N–H and O–H groups in total. The lowest BCUT2D eigenvalue weighted by atomic mass is 9.75. The summed E-state index contributed by atoms with van der Waals surface area (Å²) in [5, 5.41) is 15.5. The van der Waals surface area contributed by atoms with Crippen molar-refractivity contribution >= 4 is 0 Å². The SMILES string of the molecule is CCCNCc1nnnn1C1CCC(C)(C)CC1. The lowest BCUT2D eigenvalue weighted by molar-refractivity contribution is 0.182. The average molecular weight is 251 g/mol. The molecular weight excluding hydrogens is 226 g/mol. The van der Waals surface area contributed by atoms with Crippen LogP contribution in [0.25, 0.3) is 0 Å². The highest BCUT2D eigenvalue weighted by Gasteiger charge is 2.29. The predicted molar refractivity (Wildman–Crippen MR) is 71.1 cm³/mol. The van der Waals surface area contributed by atoms with Gasteiger partial charge in [0.15, 0.2) is 5.82 Å².